The van der Waals surface area contributed by atoms with Crippen LogP contribution in [0.2, 0.25) is 0 Å². The van der Waals surface area contributed by atoms with E-state index < -0.39 is 0 Å². The largest absolute Gasteiger partial charge is 0.491 e. The van der Waals surface area contributed by atoms with E-state index in [9.17, 15) is 0 Å². The summed E-state index contributed by atoms with van der Waals surface area (Å²) in [6.07, 6.45) is 5.36. The Morgan fingerprint density at radius 2 is 2.11 bits per heavy atom. The number of benzene rings is 1. The van der Waals surface area contributed by atoms with Crippen molar-refractivity contribution in [3.05, 3.63) is 28.2 Å². The van der Waals surface area contributed by atoms with Crippen molar-refractivity contribution in [1.82, 2.24) is 4.90 Å². The molecule has 1 aromatic carbocycles. The molecule has 0 amide bonds. The number of hydrogen-bond donors (Lipinski definition) is 1. The first-order valence-electron chi connectivity index (χ1n) is 6.62. The summed E-state index contributed by atoms with van der Waals surface area (Å²) in [6.45, 7) is 4.06. The Labute approximate surface area is 122 Å². The van der Waals surface area contributed by atoms with E-state index in [1.54, 1.807) is 0 Å². The first-order valence-corrected chi connectivity index (χ1v) is 7.41. The van der Waals surface area contributed by atoms with Gasteiger partial charge >= 0.3 is 0 Å². The summed E-state index contributed by atoms with van der Waals surface area (Å²) in [5.74, 6) is 0.826. The number of nitrogens with zero attached hydrogens (tertiary/aromatic N) is 2. The van der Waals surface area contributed by atoms with Crippen LogP contribution in [-0.2, 0) is 0 Å². The highest BCUT2D eigenvalue weighted by atomic mass is 79.9. The lowest BCUT2D eigenvalue weighted by Crippen LogP contribution is -2.33. The third-order valence-electron chi connectivity index (χ3n) is 3.28. The number of hydrogen-bond acceptors (Lipinski definition) is 4. The van der Waals surface area contributed by atoms with Crippen molar-refractivity contribution in [2.75, 3.05) is 26.2 Å². The van der Waals surface area contributed by atoms with E-state index in [0.29, 0.717) is 6.61 Å². The van der Waals surface area contributed by atoms with Crippen molar-refractivity contribution >= 4 is 22.1 Å². The highest BCUT2D eigenvalue weighted by molar-refractivity contribution is 9.10. The van der Waals surface area contributed by atoms with Gasteiger partial charge in [-0.25, -0.2) is 0 Å². The van der Waals surface area contributed by atoms with Gasteiger partial charge in [-0.3, -0.25) is 4.90 Å². The number of rotatable bonds is 5. The highest BCUT2D eigenvalue weighted by Gasteiger charge is 2.10. The van der Waals surface area contributed by atoms with E-state index >= 15 is 0 Å². The second-order valence-electron chi connectivity index (χ2n) is 4.69. The minimum Gasteiger partial charge on any atom is -0.491 e. The molecule has 0 aromatic heterocycles. The molecular formula is C14H19BrN2O2. The van der Waals surface area contributed by atoms with Gasteiger partial charge < -0.3 is 9.94 Å². The van der Waals surface area contributed by atoms with Gasteiger partial charge in [-0.15, -0.1) is 0 Å². The van der Waals surface area contributed by atoms with Crippen LogP contribution in [-0.4, -0.2) is 42.6 Å². The lowest BCUT2D eigenvalue weighted by atomic mass is 10.1. The zero-order chi connectivity index (χ0) is 13.5. The summed E-state index contributed by atoms with van der Waals surface area (Å²) in [6, 6.07) is 5.62. The molecule has 0 spiro atoms. The average molecular weight is 327 g/mol. The predicted octanol–water partition coefficient (Wildman–Crippen LogP) is 3.12. The SMILES string of the molecule is ON=Cc1ccc(OCCN2CCCCC2)c(Br)c1. The molecule has 0 bridgehead atoms. The van der Waals surface area contributed by atoms with Gasteiger partial charge in [0.15, 0.2) is 0 Å². The molecule has 4 nitrogen and oxygen atoms in total. The number of likely N-dealkylation sites (tertiary alicyclic amines) is 1. The molecule has 1 fully saturated rings. The van der Waals surface area contributed by atoms with Crippen molar-refractivity contribution < 1.29 is 9.94 Å². The minimum atomic E-state index is 0.700. The summed E-state index contributed by atoms with van der Waals surface area (Å²) in [4.78, 5) is 2.45. The highest BCUT2D eigenvalue weighted by Crippen LogP contribution is 2.25. The number of ether oxygens (including phenoxy) is 1. The summed E-state index contributed by atoms with van der Waals surface area (Å²) in [7, 11) is 0. The zero-order valence-corrected chi connectivity index (χ0v) is 12.5. The van der Waals surface area contributed by atoms with Gasteiger partial charge in [0.05, 0.1) is 10.7 Å². The van der Waals surface area contributed by atoms with Crippen molar-refractivity contribution in [2.24, 2.45) is 5.16 Å². The van der Waals surface area contributed by atoms with Gasteiger partial charge in [-0.05, 0) is 65.6 Å². The molecule has 1 aromatic rings. The molecule has 104 valence electrons. The Balaban J connectivity index is 1.82. The van der Waals surface area contributed by atoms with Crippen LogP contribution < -0.4 is 4.74 Å². The van der Waals surface area contributed by atoms with Crippen LogP contribution in [0.3, 0.4) is 0 Å². The molecule has 0 radical (unpaired) electrons. The third-order valence-corrected chi connectivity index (χ3v) is 3.90. The van der Waals surface area contributed by atoms with Crippen LogP contribution in [0, 0.1) is 0 Å². The molecule has 19 heavy (non-hydrogen) atoms. The van der Waals surface area contributed by atoms with Crippen LogP contribution in [0.1, 0.15) is 24.8 Å². The number of oxime groups is 1. The quantitative estimate of drug-likeness (QED) is 0.513. The maximum atomic E-state index is 8.48. The number of piperidine rings is 1. The molecule has 1 N–H and O–H groups in total. The molecular weight excluding hydrogens is 308 g/mol. The predicted molar refractivity (Wildman–Crippen MR) is 79.3 cm³/mol. The molecule has 2 rings (SSSR count). The second kappa shape index (κ2) is 7.50. The van der Waals surface area contributed by atoms with Crippen molar-refractivity contribution in [3.63, 3.8) is 0 Å². The molecule has 0 aliphatic carbocycles. The fraction of sp³-hybridized carbons (Fsp3) is 0.500. The van der Waals surface area contributed by atoms with Crippen molar-refractivity contribution in [3.8, 4) is 5.75 Å². The van der Waals surface area contributed by atoms with E-state index in [4.69, 9.17) is 9.94 Å². The average Bonchev–Trinajstić information content (AvgIpc) is 2.43. The van der Waals surface area contributed by atoms with Gasteiger partial charge in [0.1, 0.15) is 12.4 Å². The van der Waals surface area contributed by atoms with E-state index in [1.807, 2.05) is 18.2 Å². The van der Waals surface area contributed by atoms with Gasteiger partial charge in [-0.2, -0.15) is 0 Å². The van der Waals surface area contributed by atoms with Gasteiger partial charge in [-0.1, -0.05) is 11.6 Å². The molecule has 5 heteroatoms. The lowest BCUT2D eigenvalue weighted by molar-refractivity contribution is 0.183. The topological polar surface area (TPSA) is 45.1 Å². The van der Waals surface area contributed by atoms with Crippen LogP contribution in [0.15, 0.2) is 27.8 Å². The van der Waals surface area contributed by atoms with Crippen molar-refractivity contribution in [2.45, 2.75) is 19.3 Å². The Morgan fingerprint density at radius 3 is 2.79 bits per heavy atom. The molecule has 0 atom stereocenters. The third kappa shape index (κ3) is 4.51. The monoisotopic (exact) mass is 326 g/mol. The summed E-state index contributed by atoms with van der Waals surface area (Å²) >= 11 is 3.46. The van der Waals surface area contributed by atoms with E-state index in [-0.39, 0.29) is 0 Å². The van der Waals surface area contributed by atoms with E-state index in [2.05, 4.69) is 26.0 Å². The molecule has 1 aliphatic rings. The smallest absolute Gasteiger partial charge is 0.133 e. The Bertz CT molecular complexity index is 431. The van der Waals surface area contributed by atoms with E-state index in [1.165, 1.54) is 38.6 Å². The standard InChI is InChI=1S/C14H19BrN2O2/c15-13-10-12(11-16-18)4-5-14(13)19-9-8-17-6-2-1-3-7-17/h4-5,10-11,18H,1-3,6-9H2. The Morgan fingerprint density at radius 1 is 1.32 bits per heavy atom. The molecule has 1 saturated heterocycles. The Hall–Kier alpha value is -1.07. The summed E-state index contributed by atoms with van der Waals surface area (Å²) in [5.41, 5.74) is 0.831. The van der Waals surface area contributed by atoms with Gasteiger partial charge in [0, 0.05) is 6.54 Å². The second-order valence-corrected chi connectivity index (χ2v) is 5.54. The Kier molecular flexibility index (Phi) is 5.66. The molecule has 0 unspecified atom stereocenters. The molecule has 1 aliphatic heterocycles. The lowest BCUT2D eigenvalue weighted by Gasteiger charge is -2.26. The molecule has 0 saturated carbocycles. The normalized spacial score (nSPS) is 16.9. The fourth-order valence-electron chi connectivity index (χ4n) is 2.25. The first kappa shape index (κ1) is 14.3. The van der Waals surface area contributed by atoms with Crippen LogP contribution in [0.4, 0.5) is 0 Å². The molecule has 1 heterocycles. The van der Waals surface area contributed by atoms with E-state index in [0.717, 1.165) is 22.3 Å². The summed E-state index contributed by atoms with van der Waals surface area (Å²) in [5, 5.41) is 11.5. The zero-order valence-electron chi connectivity index (χ0n) is 10.9. The maximum Gasteiger partial charge on any atom is 0.133 e. The fourth-order valence-corrected chi connectivity index (χ4v) is 2.76. The van der Waals surface area contributed by atoms with Crippen LogP contribution in [0.5, 0.6) is 5.75 Å². The maximum absolute atomic E-state index is 8.48. The minimum absolute atomic E-state index is 0.700. The number of halogens is 1. The van der Waals surface area contributed by atoms with Crippen LogP contribution in [0.25, 0.3) is 0 Å². The van der Waals surface area contributed by atoms with Gasteiger partial charge in [0.25, 0.3) is 0 Å². The van der Waals surface area contributed by atoms with Gasteiger partial charge in [0.2, 0.25) is 0 Å². The van der Waals surface area contributed by atoms with Crippen molar-refractivity contribution in [1.29, 1.82) is 0 Å². The first-order chi connectivity index (χ1) is 9.29. The summed E-state index contributed by atoms with van der Waals surface area (Å²) < 4.78 is 6.66. The van der Waals surface area contributed by atoms with Crippen LogP contribution >= 0.6 is 15.9 Å².